The van der Waals surface area contributed by atoms with Gasteiger partial charge in [0.1, 0.15) is 0 Å². The molecule has 0 saturated carbocycles. The van der Waals surface area contributed by atoms with E-state index in [-0.39, 0.29) is 0 Å². The van der Waals surface area contributed by atoms with E-state index in [4.69, 9.17) is 0 Å². The van der Waals surface area contributed by atoms with Gasteiger partial charge in [0.2, 0.25) is 0 Å². The highest BCUT2D eigenvalue weighted by Gasteiger charge is 2.29. The highest BCUT2D eigenvalue weighted by Crippen LogP contribution is 2.24. The zero-order chi connectivity index (χ0) is 5.40. The monoisotopic (exact) mass is 109 g/mol. The molecule has 1 aliphatic carbocycles. The zero-order valence-corrected chi connectivity index (χ0v) is 4.93. The standard InChI is InChI=1S/C7H11N/c1-2-4-7-6(3-1)5-8-7/h1-2,6-8H,3-5H2/t6-,7-/m1/s1. The van der Waals surface area contributed by atoms with Gasteiger partial charge in [-0.2, -0.15) is 0 Å². The van der Waals surface area contributed by atoms with E-state index < -0.39 is 0 Å². The maximum atomic E-state index is 3.40. The van der Waals surface area contributed by atoms with E-state index in [0.717, 1.165) is 12.0 Å². The first-order valence-electron chi connectivity index (χ1n) is 3.35. The molecule has 1 heterocycles. The summed E-state index contributed by atoms with van der Waals surface area (Å²) in [6, 6.07) is 0.847. The molecule has 1 nitrogen and oxygen atoms in total. The maximum absolute atomic E-state index is 3.40. The Kier molecular flexibility index (Phi) is 0.908. The van der Waals surface area contributed by atoms with Crippen LogP contribution < -0.4 is 5.32 Å². The molecule has 0 bridgehead atoms. The smallest absolute Gasteiger partial charge is 0.0145 e. The molecule has 0 spiro atoms. The predicted octanol–water partition coefficient (Wildman–Crippen LogP) is 0.924. The van der Waals surface area contributed by atoms with Gasteiger partial charge >= 0.3 is 0 Å². The molecule has 0 radical (unpaired) electrons. The largest absolute Gasteiger partial charge is 0.313 e. The molecule has 2 rings (SSSR count). The summed E-state index contributed by atoms with van der Waals surface area (Å²) >= 11 is 0. The van der Waals surface area contributed by atoms with Crippen molar-refractivity contribution in [2.75, 3.05) is 6.54 Å². The van der Waals surface area contributed by atoms with Gasteiger partial charge in [0, 0.05) is 12.6 Å². The quantitative estimate of drug-likeness (QED) is 0.456. The van der Waals surface area contributed by atoms with Gasteiger partial charge < -0.3 is 5.32 Å². The van der Waals surface area contributed by atoms with Crippen molar-refractivity contribution in [1.29, 1.82) is 0 Å². The molecule has 0 amide bonds. The first-order valence-corrected chi connectivity index (χ1v) is 3.35. The van der Waals surface area contributed by atoms with Crippen molar-refractivity contribution in [3.8, 4) is 0 Å². The van der Waals surface area contributed by atoms with Crippen molar-refractivity contribution < 1.29 is 0 Å². The molecule has 0 aromatic rings. The highest BCUT2D eigenvalue weighted by molar-refractivity contribution is 5.03. The normalized spacial score (nSPS) is 43.0. The minimum absolute atomic E-state index is 0.847. The molecule has 2 atom stereocenters. The Morgan fingerprint density at radius 2 is 2.12 bits per heavy atom. The minimum atomic E-state index is 0.847. The lowest BCUT2D eigenvalue weighted by Gasteiger charge is -2.39. The second kappa shape index (κ2) is 1.59. The third kappa shape index (κ3) is 0.511. The predicted molar refractivity (Wildman–Crippen MR) is 33.7 cm³/mol. The zero-order valence-electron chi connectivity index (χ0n) is 4.93. The highest BCUT2D eigenvalue weighted by atomic mass is 15.0. The topological polar surface area (TPSA) is 12.0 Å². The molecular weight excluding hydrogens is 98.1 g/mol. The fourth-order valence-corrected chi connectivity index (χ4v) is 1.49. The summed E-state index contributed by atoms with van der Waals surface area (Å²) in [6.07, 6.45) is 7.18. The van der Waals surface area contributed by atoms with Gasteiger partial charge in [-0.3, -0.25) is 0 Å². The molecule has 2 aliphatic rings. The van der Waals surface area contributed by atoms with E-state index in [1.807, 2.05) is 0 Å². The lowest BCUT2D eigenvalue weighted by Crippen LogP contribution is -2.53. The van der Waals surface area contributed by atoms with Crippen LogP contribution >= 0.6 is 0 Å². The Balaban J connectivity index is 2.05. The minimum Gasteiger partial charge on any atom is -0.313 e. The molecule has 1 aliphatic heterocycles. The van der Waals surface area contributed by atoms with Gasteiger partial charge in [0.15, 0.2) is 0 Å². The van der Waals surface area contributed by atoms with Crippen molar-refractivity contribution in [2.45, 2.75) is 18.9 Å². The Hall–Kier alpha value is -0.300. The van der Waals surface area contributed by atoms with Crippen molar-refractivity contribution in [3.63, 3.8) is 0 Å². The van der Waals surface area contributed by atoms with Crippen molar-refractivity contribution >= 4 is 0 Å². The Labute approximate surface area is 49.8 Å². The molecule has 1 heteroatoms. The molecule has 1 fully saturated rings. The second-order valence-electron chi connectivity index (χ2n) is 2.72. The first-order chi connectivity index (χ1) is 3.97. The average molecular weight is 109 g/mol. The van der Waals surface area contributed by atoms with Crippen LogP contribution in [0, 0.1) is 5.92 Å². The van der Waals surface area contributed by atoms with Gasteiger partial charge in [-0.05, 0) is 18.8 Å². The van der Waals surface area contributed by atoms with Crippen molar-refractivity contribution in [2.24, 2.45) is 5.92 Å². The van der Waals surface area contributed by atoms with Gasteiger partial charge in [0.25, 0.3) is 0 Å². The molecular formula is C7H11N. The number of allylic oxidation sites excluding steroid dienone is 1. The third-order valence-electron chi connectivity index (χ3n) is 2.21. The van der Waals surface area contributed by atoms with Crippen LogP contribution in [0.3, 0.4) is 0 Å². The molecule has 0 aromatic carbocycles. The Bertz CT molecular complexity index is 104. The summed E-state index contributed by atoms with van der Waals surface area (Å²) in [7, 11) is 0. The fraction of sp³-hybridized carbons (Fsp3) is 0.714. The lowest BCUT2D eigenvalue weighted by molar-refractivity contribution is 0.227. The van der Waals surface area contributed by atoms with Crippen LogP contribution in [0.5, 0.6) is 0 Å². The van der Waals surface area contributed by atoms with Crippen molar-refractivity contribution in [3.05, 3.63) is 12.2 Å². The SMILES string of the molecule is C1=CC[C@H]2NC[C@H]2C1. The van der Waals surface area contributed by atoms with E-state index in [1.54, 1.807) is 0 Å². The Morgan fingerprint density at radius 3 is 2.50 bits per heavy atom. The lowest BCUT2D eigenvalue weighted by atomic mass is 9.83. The van der Waals surface area contributed by atoms with Crippen LogP contribution in [0.2, 0.25) is 0 Å². The fourth-order valence-electron chi connectivity index (χ4n) is 1.49. The maximum Gasteiger partial charge on any atom is 0.0145 e. The average Bonchev–Trinajstić information content (AvgIpc) is 1.72. The molecule has 0 unspecified atom stereocenters. The Morgan fingerprint density at radius 1 is 1.25 bits per heavy atom. The molecule has 8 heavy (non-hydrogen) atoms. The van der Waals surface area contributed by atoms with Crippen LogP contribution in [0.4, 0.5) is 0 Å². The number of hydrogen-bond donors (Lipinski definition) is 1. The molecule has 1 saturated heterocycles. The first kappa shape index (κ1) is 4.57. The van der Waals surface area contributed by atoms with Crippen LogP contribution in [-0.2, 0) is 0 Å². The van der Waals surface area contributed by atoms with E-state index in [2.05, 4.69) is 17.5 Å². The number of nitrogens with one attached hydrogen (secondary N) is 1. The van der Waals surface area contributed by atoms with E-state index in [9.17, 15) is 0 Å². The molecule has 1 N–H and O–H groups in total. The van der Waals surface area contributed by atoms with Crippen LogP contribution in [-0.4, -0.2) is 12.6 Å². The van der Waals surface area contributed by atoms with Crippen LogP contribution in [0.15, 0.2) is 12.2 Å². The van der Waals surface area contributed by atoms with Crippen molar-refractivity contribution in [1.82, 2.24) is 5.32 Å². The van der Waals surface area contributed by atoms with Gasteiger partial charge in [-0.1, -0.05) is 12.2 Å². The number of hydrogen-bond acceptors (Lipinski definition) is 1. The van der Waals surface area contributed by atoms with Gasteiger partial charge in [-0.25, -0.2) is 0 Å². The number of rotatable bonds is 0. The summed E-state index contributed by atoms with van der Waals surface area (Å²) in [5, 5.41) is 3.40. The van der Waals surface area contributed by atoms with E-state index in [0.29, 0.717) is 0 Å². The molecule has 44 valence electrons. The summed E-state index contributed by atoms with van der Waals surface area (Å²) in [4.78, 5) is 0. The van der Waals surface area contributed by atoms with Crippen LogP contribution in [0.25, 0.3) is 0 Å². The van der Waals surface area contributed by atoms with E-state index >= 15 is 0 Å². The van der Waals surface area contributed by atoms with Gasteiger partial charge in [0.05, 0.1) is 0 Å². The van der Waals surface area contributed by atoms with E-state index in [1.165, 1.54) is 19.4 Å². The summed E-state index contributed by atoms with van der Waals surface area (Å²) in [6.45, 7) is 1.26. The molecule has 0 aromatic heterocycles. The summed E-state index contributed by atoms with van der Waals surface area (Å²) < 4.78 is 0. The number of fused-ring (bicyclic) bond motifs is 1. The third-order valence-corrected chi connectivity index (χ3v) is 2.21. The summed E-state index contributed by atoms with van der Waals surface area (Å²) in [5.74, 6) is 0.986. The van der Waals surface area contributed by atoms with Crippen LogP contribution in [0.1, 0.15) is 12.8 Å². The second-order valence-corrected chi connectivity index (χ2v) is 2.72. The van der Waals surface area contributed by atoms with Gasteiger partial charge in [-0.15, -0.1) is 0 Å². The summed E-state index contributed by atoms with van der Waals surface area (Å²) in [5.41, 5.74) is 0.